The predicted octanol–water partition coefficient (Wildman–Crippen LogP) is 3.22. The van der Waals surface area contributed by atoms with Gasteiger partial charge in [-0.15, -0.1) is 0 Å². The predicted molar refractivity (Wildman–Crippen MR) is 106 cm³/mol. The third-order valence-electron chi connectivity index (χ3n) is 5.14. The van der Waals surface area contributed by atoms with E-state index in [1.54, 1.807) is 12.1 Å². The molecule has 0 unspecified atom stereocenters. The van der Waals surface area contributed by atoms with Crippen LogP contribution in [-0.4, -0.2) is 57.4 Å². The van der Waals surface area contributed by atoms with Crippen LogP contribution < -0.4 is 0 Å². The fourth-order valence-corrected chi connectivity index (χ4v) is 3.53. The van der Waals surface area contributed by atoms with Crippen LogP contribution in [-0.2, 0) is 11.3 Å². The molecular weight excluding hydrogens is 373 g/mol. The number of benzene rings is 2. The van der Waals surface area contributed by atoms with Gasteiger partial charge in [-0.2, -0.15) is 4.98 Å². The summed E-state index contributed by atoms with van der Waals surface area (Å²) in [5.74, 6) is 0.399. The molecule has 0 atom stereocenters. The molecule has 0 aliphatic carbocycles. The summed E-state index contributed by atoms with van der Waals surface area (Å²) in [5.41, 5.74) is 3.30. The lowest BCUT2D eigenvalue weighted by Crippen LogP contribution is -2.38. The highest BCUT2D eigenvalue weighted by Crippen LogP contribution is 2.25. The Morgan fingerprint density at radius 3 is 2.76 bits per heavy atom. The second kappa shape index (κ2) is 7.73. The first-order valence-corrected chi connectivity index (χ1v) is 9.61. The third-order valence-corrected chi connectivity index (χ3v) is 5.14. The molecule has 1 aliphatic rings. The summed E-state index contributed by atoms with van der Waals surface area (Å²) < 4.78 is 26.3. The molecule has 7 nitrogen and oxygen atoms in total. The van der Waals surface area contributed by atoms with Gasteiger partial charge < -0.3 is 13.8 Å². The number of hydrogen-bond acceptors (Lipinski definition) is 6. The molecule has 8 heteroatoms. The molecule has 1 saturated heterocycles. The Hall–Kier alpha value is -3.10. The molecule has 5 rings (SSSR count). The van der Waals surface area contributed by atoms with Crippen LogP contribution in [0.5, 0.6) is 0 Å². The molecule has 0 N–H and O–H groups in total. The van der Waals surface area contributed by atoms with Crippen LogP contribution in [0.4, 0.5) is 4.39 Å². The van der Waals surface area contributed by atoms with E-state index >= 15 is 0 Å². The van der Waals surface area contributed by atoms with Gasteiger partial charge in [0.25, 0.3) is 5.89 Å². The van der Waals surface area contributed by atoms with Crippen molar-refractivity contribution in [1.82, 2.24) is 24.6 Å². The first kappa shape index (κ1) is 18.0. The molecule has 3 heterocycles. The molecule has 1 aliphatic heterocycles. The standard InChI is InChI=1S/C21H20FN5O2/c22-17-3-1-2-16(12-17)21-24-20(25-29-21)15-4-5-19-18(13-15)23-14-27(19)7-6-26-8-10-28-11-9-26/h1-5,12-14H,6-11H2. The second-order valence-corrected chi connectivity index (χ2v) is 7.03. The largest absolute Gasteiger partial charge is 0.379 e. The minimum atomic E-state index is -0.341. The van der Waals surface area contributed by atoms with Crippen LogP contribution >= 0.6 is 0 Å². The zero-order valence-corrected chi connectivity index (χ0v) is 15.8. The molecule has 2 aromatic heterocycles. The lowest BCUT2D eigenvalue weighted by molar-refractivity contribution is 0.0365. The van der Waals surface area contributed by atoms with Crippen LogP contribution in [0, 0.1) is 5.82 Å². The molecule has 29 heavy (non-hydrogen) atoms. The maximum absolute atomic E-state index is 13.4. The lowest BCUT2D eigenvalue weighted by Gasteiger charge is -2.26. The zero-order valence-electron chi connectivity index (χ0n) is 15.8. The van der Waals surface area contributed by atoms with Crippen molar-refractivity contribution in [3.8, 4) is 22.8 Å². The number of aromatic nitrogens is 4. The average Bonchev–Trinajstić information content (AvgIpc) is 3.40. The number of imidazole rings is 1. The van der Waals surface area contributed by atoms with Crippen molar-refractivity contribution < 1.29 is 13.7 Å². The van der Waals surface area contributed by atoms with E-state index in [1.165, 1.54) is 12.1 Å². The van der Waals surface area contributed by atoms with E-state index in [0.29, 0.717) is 11.4 Å². The summed E-state index contributed by atoms with van der Waals surface area (Å²) in [6.45, 7) is 5.40. The van der Waals surface area contributed by atoms with E-state index in [1.807, 2.05) is 24.5 Å². The van der Waals surface area contributed by atoms with Crippen molar-refractivity contribution in [2.45, 2.75) is 6.54 Å². The molecule has 0 bridgehead atoms. The van der Waals surface area contributed by atoms with Gasteiger partial charge in [0.1, 0.15) is 5.82 Å². The van der Waals surface area contributed by atoms with E-state index in [0.717, 1.165) is 56.0 Å². The van der Waals surface area contributed by atoms with Crippen molar-refractivity contribution in [3.63, 3.8) is 0 Å². The molecule has 1 fully saturated rings. The van der Waals surface area contributed by atoms with Crippen LogP contribution in [0.2, 0.25) is 0 Å². The van der Waals surface area contributed by atoms with Gasteiger partial charge in [-0.25, -0.2) is 9.37 Å². The van der Waals surface area contributed by atoms with Crippen LogP contribution in [0.15, 0.2) is 53.3 Å². The van der Waals surface area contributed by atoms with Gasteiger partial charge in [-0.1, -0.05) is 11.2 Å². The molecule has 0 radical (unpaired) electrons. The fourth-order valence-electron chi connectivity index (χ4n) is 3.53. The highest BCUT2D eigenvalue weighted by atomic mass is 19.1. The maximum Gasteiger partial charge on any atom is 0.258 e. The number of ether oxygens (including phenoxy) is 1. The maximum atomic E-state index is 13.4. The molecule has 148 valence electrons. The Labute approximate surface area is 166 Å². The van der Waals surface area contributed by atoms with Gasteiger partial charge >= 0.3 is 0 Å². The summed E-state index contributed by atoms with van der Waals surface area (Å²) in [5, 5.41) is 4.04. The molecular formula is C21H20FN5O2. The Balaban J connectivity index is 1.35. The Kier molecular flexibility index (Phi) is 4.79. The minimum absolute atomic E-state index is 0.288. The average molecular weight is 393 g/mol. The monoisotopic (exact) mass is 393 g/mol. The minimum Gasteiger partial charge on any atom is -0.379 e. The van der Waals surface area contributed by atoms with Crippen molar-refractivity contribution in [2.24, 2.45) is 0 Å². The Morgan fingerprint density at radius 2 is 1.90 bits per heavy atom. The van der Waals surface area contributed by atoms with E-state index in [4.69, 9.17) is 9.26 Å². The summed E-state index contributed by atoms with van der Waals surface area (Å²) in [7, 11) is 0. The quantitative estimate of drug-likeness (QED) is 0.519. The van der Waals surface area contributed by atoms with Crippen LogP contribution in [0.1, 0.15) is 0 Å². The summed E-state index contributed by atoms with van der Waals surface area (Å²) in [6, 6.07) is 12.0. The lowest BCUT2D eigenvalue weighted by atomic mass is 10.2. The number of halogens is 1. The highest BCUT2D eigenvalue weighted by molar-refractivity contribution is 5.80. The normalized spacial score (nSPS) is 15.2. The summed E-state index contributed by atoms with van der Waals surface area (Å²) in [6.07, 6.45) is 1.86. The van der Waals surface area contributed by atoms with Gasteiger partial charge in [0.05, 0.1) is 30.6 Å². The number of morpholine rings is 1. The number of rotatable bonds is 5. The van der Waals surface area contributed by atoms with E-state index in [-0.39, 0.29) is 11.7 Å². The van der Waals surface area contributed by atoms with Crippen LogP contribution in [0.25, 0.3) is 33.9 Å². The fraction of sp³-hybridized carbons (Fsp3) is 0.286. The highest BCUT2D eigenvalue weighted by Gasteiger charge is 2.14. The summed E-state index contributed by atoms with van der Waals surface area (Å²) in [4.78, 5) is 11.3. The van der Waals surface area contributed by atoms with Gasteiger partial charge in [0.2, 0.25) is 5.82 Å². The third kappa shape index (κ3) is 3.76. The van der Waals surface area contributed by atoms with E-state index in [9.17, 15) is 4.39 Å². The molecule has 0 spiro atoms. The van der Waals surface area contributed by atoms with Crippen molar-refractivity contribution in [1.29, 1.82) is 0 Å². The zero-order chi connectivity index (χ0) is 19.6. The van der Waals surface area contributed by atoms with Gasteiger partial charge in [-0.05, 0) is 36.4 Å². The molecule has 2 aromatic carbocycles. The SMILES string of the molecule is Fc1cccc(-c2nc(-c3ccc4c(c3)ncn4CCN3CCOCC3)no2)c1. The van der Waals surface area contributed by atoms with E-state index < -0.39 is 0 Å². The smallest absolute Gasteiger partial charge is 0.258 e. The van der Waals surface area contributed by atoms with Crippen molar-refractivity contribution >= 4 is 11.0 Å². The van der Waals surface area contributed by atoms with Gasteiger partial charge in [0.15, 0.2) is 0 Å². The van der Waals surface area contributed by atoms with Gasteiger partial charge in [-0.3, -0.25) is 4.90 Å². The van der Waals surface area contributed by atoms with Gasteiger partial charge in [0, 0.05) is 37.3 Å². The number of hydrogen-bond donors (Lipinski definition) is 0. The second-order valence-electron chi connectivity index (χ2n) is 7.03. The molecule has 0 saturated carbocycles. The van der Waals surface area contributed by atoms with Crippen LogP contribution in [0.3, 0.4) is 0 Å². The Bertz CT molecular complexity index is 1130. The molecule has 0 amide bonds. The molecule has 4 aromatic rings. The first-order chi connectivity index (χ1) is 14.3. The summed E-state index contributed by atoms with van der Waals surface area (Å²) >= 11 is 0. The Morgan fingerprint density at radius 1 is 1.00 bits per heavy atom. The van der Waals surface area contributed by atoms with E-state index in [2.05, 4.69) is 24.6 Å². The van der Waals surface area contributed by atoms with Crippen molar-refractivity contribution in [2.75, 3.05) is 32.8 Å². The van der Waals surface area contributed by atoms with Crippen molar-refractivity contribution in [3.05, 3.63) is 54.6 Å². The number of nitrogens with zero attached hydrogens (tertiary/aromatic N) is 5. The first-order valence-electron chi connectivity index (χ1n) is 9.61. The topological polar surface area (TPSA) is 69.2 Å². The number of fused-ring (bicyclic) bond motifs is 1.